The number of hydrogen-bond acceptors (Lipinski definition) is 4. The van der Waals surface area contributed by atoms with Gasteiger partial charge in [0, 0.05) is 24.6 Å². The minimum Gasteiger partial charge on any atom is -0.444 e. The molecule has 2 fully saturated rings. The van der Waals surface area contributed by atoms with Crippen LogP contribution in [0, 0.1) is 5.92 Å². The quantitative estimate of drug-likeness (QED) is 0.386. The van der Waals surface area contributed by atoms with Crippen molar-refractivity contribution >= 4 is 47.8 Å². The Morgan fingerprint density at radius 3 is 2.52 bits per heavy atom. The average Bonchev–Trinajstić information content (AvgIpc) is 3.26. The SMILES string of the molecule is CC(C)(C)OC(=O)NC(CN=C(N)N1CCSCC1)C1CC1.I. The summed E-state index contributed by atoms with van der Waals surface area (Å²) >= 11 is 1.94. The van der Waals surface area contributed by atoms with E-state index in [2.05, 4.69) is 15.2 Å². The van der Waals surface area contributed by atoms with Gasteiger partial charge < -0.3 is 20.7 Å². The van der Waals surface area contributed by atoms with E-state index < -0.39 is 5.60 Å². The van der Waals surface area contributed by atoms with Crippen LogP contribution in [-0.2, 0) is 4.74 Å². The lowest BCUT2D eigenvalue weighted by Crippen LogP contribution is -2.45. The van der Waals surface area contributed by atoms with E-state index in [0.717, 1.165) is 37.4 Å². The minimum absolute atomic E-state index is 0. The number of amides is 1. The molecule has 1 atom stereocenters. The van der Waals surface area contributed by atoms with Gasteiger partial charge in [-0.05, 0) is 39.5 Å². The van der Waals surface area contributed by atoms with Crippen LogP contribution >= 0.6 is 35.7 Å². The lowest BCUT2D eigenvalue weighted by molar-refractivity contribution is 0.0500. The van der Waals surface area contributed by atoms with Gasteiger partial charge in [0.1, 0.15) is 5.60 Å². The van der Waals surface area contributed by atoms with E-state index in [9.17, 15) is 4.79 Å². The summed E-state index contributed by atoms with van der Waals surface area (Å²) < 4.78 is 5.33. The van der Waals surface area contributed by atoms with E-state index in [1.165, 1.54) is 0 Å². The lowest BCUT2D eigenvalue weighted by Gasteiger charge is -2.28. The molecule has 0 spiro atoms. The Hall–Kier alpha value is -0.380. The highest BCUT2D eigenvalue weighted by atomic mass is 127. The first-order valence-corrected chi connectivity index (χ1v) is 9.13. The van der Waals surface area contributed by atoms with Crippen molar-refractivity contribution in [3.8, 4) is 0 Å². The molecule has 8 heteroatoms. The molecule has 134 valence electrons. The molecule has 1 unspecified atom stereocenters. The Morgan fingerprint density at radius 2 is 2.00 bits per heavy atom. The number of halogens is 1. The molecule has 1 amide bonds. The molecule has 0 bridgehead atoms. The van der Waals surface area contributed by atoms with Gasteiger partial charge >= 0.3 is 6.09 Å². The number of guanidine groups is 1. The van der Waals surface area contributed by atoms with Crippen molar-refractivity contribution in [2.75, 3.05) is 31.1 Å². The van der Waals surface area contributed by atoms with Gasteiger partial charge in [0.25, 0.3) is 0 Å². The van der Waals surface area contributed by atoms with Crippen LogP contribution in [0.15, 0.2) is 4.99 Å². The van der Waals surface area contributed by atoms with Crippen LogP contribution in [0.3, 0.4) is 0 Å². The number of carbonyl (C=O) groups excluding carboxylic acids is 1. The summed E-state index contributed by atoms with van der Waals surface area (Å²) in [5, 5.41) is 2.95. The number of thioether (sulfide) groups is 1. The molecule has 1 saturated heterocycles. The number of alkyl carbamates (subject to hydrolysis) is 1. The monoisotopic (exact) mass is 456 g/mol. The molecule has 1 heterocycles. The predicted molar refractivity (Wildman–Crippen MR) is 107 cm³/mol. The second-order valence-corrected chi connectivity index (χ2v) is 8.11. The molecule has 1 aliphatic heterocycles. The van der Waals surface area contributed by atoms with Gasteiger partial charge in [0.15, 0.2) is 5.96 Å². The highest BCUT2D eigenvalue weighted by Gasteiger charge is 2.33. The van der Waals surface area contributed by atoms with Crippen LogP contribution in [0.1, 0.15) is 33.6 Å². The van der Waals surface area contributed by atoms with E-state index >= 15 is 0 Å². The Balaban J connectivity index is 0.00000264. The van der Waals surface area contributed by atoms with Crippen molar-refractivity contribution in [1.29, 1.82) is 0 Å². The zero-order valence-corrected chi connectivity index (χ0v) is 17.4. The third kappa shape index (κ3) is 7.82. The second kappa shape index (κ2) is 9.19. The number of hydrogen-bond donors (Lipinski definition) is 2. The molecule has 23 heavy (non-hydrogen) atoms. The van der Waals surface area contributed by atoms with Crippen molar-refractivity contribution in [3.63, 3.8) is 0 Å². The fourth-order valence-electron chi connectivity index (χ4n) is 2.35. The highest BCUT2D eigenvalue weighted by Crippen LogP contribution is 2.33. The van der Waals surface area contributed by atoms with Crippen molar-refractivity contribution in [2.24, 2.45) is 16.6 Å². The molecule has 1 saturated carbocycles. The van der Waals surface area contributed by atoms with Crippen LogP contribution in [-0.4, -0.2) is 59.7 Å². The van der Waals surface area contributed by atoms with Crippen molar-refractivity contribution in [1.82, 2.24) is 10.2 Å². The Morgan fingerprint density at radius 1 is 1.39 bits per heavy atom. The summed E-state index contributed by atoms with van der Waals surface area (Å²) in [5.41, 5.74) is 5.59. The normalized spacial score (nSPS) is 20.5. The summed E-state index contributed by atoms with van der Waals surface area (Å²) in [4.78, 5) is 18.5. The molecule has 0 aromatic heterocycles. The topological polar surface area (TPSA) is 79.9 Å². The largest absolute Gasteiger partial charge is 0.444 e. The second-order valence-electron chi connectivity index (χ2n) is 6.89. The van der Waals surface area contributed by atoms with Crippen molar-refractivity contribution in [3.05, 3.63) is 0 Å². The first-order chi connectivity index (χ1) is 10.3. The molecule has 0 aromatic rings. The third-order valence-electron chi connectivity index (χ3n) is 3.68. The maximum Gasteiger partial charge on any atom is 0.407 e. The molecular formula is C15H29IN4O2S. The molecule has 2 rings (SSSR count). The van der Waals surface area contributed by atoms with Crippen molar-refractivity contribution < 1.29 is 9.53 Å². The van der Waals surface area contributed by atoms with Gasteiger partial charge in [-0.15, -0.1) is 24.0 Å². The van der Waals surface area contributed by atoms with E-state index in [4.69, 9.17) is 10.5 Å². The molecule has 0 aromatic carbocycles. The van der Waals surface area contributed by atoms with Gasteiger partial charge in [0.05, 0.1) is 12.6 Å². The number of nitrogens with zero attached hydrogens (tertiary/aromatic N) is 2. The van der Waals surface area contributed by atoms with E-state index in [-0.39, 0.29) is 36.1 Å². The van der Waals surface area contributed by atoms with Crippen molar-refractivity contribution in [2.45, 2.75) is 45.3 Å². The standard InChI is InChI=1S/C15H28N4O2S.HI/c1-15(2,3)21-14(20)18-12(11-4-5-11)10-17-13(16)19-6-8-22-9-7-19;/h11-12H,4-10H2,1-3H3,(H2,16,17)(H,18,20);1H. The number of nitrogens with two attached hydrogens (primary N) is 1. The van der Waals surface area contributed by atoms with E-state index in [1.54, 1.807) is 0 Å². The number of aliphatic imine (C=N–C) groups is 1. The smallest absolute Gasteiger partial charge is 0.407 e. The first-order valence-electron chi connectivity index (χ1n) is 7.97. The highest BCUT2D eigenvalue weighted by molar-refractivity contribution is 14.0. The number of nitrogens with one attached hydrogen (secondary N) is 1. The first kappa shape index (κ1) is 20.7. The maximum absolute atomic E-state index is 11.9. The molecule has 6 nitrogen and oxygen atoms in total. The lowest BCUT2D eigenvalue weighted by atomic mass is 10.2. The Labute approximate surface area is 160 Å². The summed E-state index contributed by atoms with van der Waals surface area (Å²) in [6.45, 7) is 8.02. The van der Waals surface area contributed by atoms with Gasteiger partial charge in [0.2, 0.25) is 0 Å². The summed E-state index contributed by atoms with van der Waals surface area (Å²) in [5.74, 6) is 3.29. The molecule has 2 aliphatic rings. The fourth-order valence-corrected chi connectivity index (χ4v) is 3.26. The van der Waals surface area contributed by atoms with Crippen LogP contribution in [0.4, 0.5) is 4.79 Å². The summed E-state index contributed by atoms with van der Waals surface area (Å²) in [7, 11) is 0. The van der Waals surface area contributed by atoms with E-state index in [0.29, 0.717) is 18.4 Å². The molecule has 1 aliphatic carbocycles. The van der Waals surface area contributed by atoms with Crippen LogP contribution in [0.5, 0.6) is 0 Å². The van der Waals surface area contributed by atoms with Gasteiger partial charge in [-0.3, -0.25) is 4.99 Å². The van der Waals surface area contributed by atoms with E-state index in [1.807, 2.05) is 32.5 Å². The molecule has 0 radical (unpaired) electrons. The zero-order valence-electron chi connectivity index (χ0n) is 14.2. The fraction of sp³-hybridized carbons (Fsp3) is 0.867. The molecule has 3 N–H and O–H groups in total. The van der Waals surface area contributed by atoms with Gasteiger partial charge in [-0.25, -0.2) is 4.79 Å². The maximum atomic E-state index is 11.9. The average molecular weight is 456 g/mol. The van der Waals surface area contributed by atoms with Gasteiger partial charge in [-0.2, -0.15) is 11.8 Å². The molecular weight excluding hydrogens is 427 g/mol. The number of rotatable bonds is 4. The number of carbonyl (C=O) groups is 1. The van der Waals surface area contributed by atoms with Crippen LogP contribution < -0.4 is 11.1 Å². The third-order valence-corrected chi connectivity index (χ3v) is 4.62. The van der Waals surface area contributed by atoms with Gasteiger partial charge in [-0.1, -0.05) is 0 Å². The number of ether oxygens (including phenoxy) is 1. The summed E-state index contributed by atoms with van der Waals surface area (Å²) in [6, 6.07) is 0.0209. The minimum atomic E-state index is -0.480. The summed E-state index contributed by atoms with van der Waals surface area (Å²) in [6.07, 6.45) is 1.90. The van der Waals surface area contributed by atoms with Crippen LogP contribution in [0.25, 0.3) is 0 Å². The van der Waals surface area contributed by atoms with Crippen LogP contribution in [0.2, 0.25) is 0 Å². The Bertz CT molecular complexity index is 418. The zero-order chi connectivity index (χ0) is 16.2. The predicted octanol–water partition coefficient (Wildman–Crippen LogP) is 2.27. The Kier molecular flexibility index (Phi) is 8.26.